The van der Waals surface area contributed by atoms with Crippen LogP contribution in [-0.4, -0.2) is 30.6 Å². The van der Waals surface area contributed by atoms with E-state index < -0.39 is 0 Å². The number of benzene rings is 1. The first kappa shape index (κ1) is 13.1. The fourth-order valence-corrected chi connectivity index (χ4v) is 2.79. The molecule has 1 aliphatic heterocycles. The molecule has 0 aromatic heterocycles. The molecule has 1 aromatic rings. The molecule has 3 nitrogen and oxygen atoms in total. The summed E-state index contributed by atoms with van der Waals surface area (Å²) in [6.45, 7) is 5.20. The van der Waals surface area contributed by atoms with Crippen LogP contribution in [0.1, 0.15) is 36.9 Å². The zero-order valence-electron chi connectivity index (χ0n) is 11.3. The van der Waals surface area contributed by atoms with Gasteiger partial charge in [0.25, 0.3) is 0 Å². The number of carbonyl (C=O) groups is 1. The molecule has 98 valence electrons. The van der Waals surface area contributed by atoms with Gasteiger partial charge in [-0.1, -0.05) is 24.3 Å². The highest BCUT2D eigenvalue weighted by Crippen LogP contribution is 2.31. The van der Waals surface area contributed by atoms with Crippen LogP contribution in [0.25, 0.3) is 0 Å². The maximum Gasteiger partial charge on any atom is 0.327 e. The van der Waals surface area contributed by atoms with Crippen molar-refractivity contribution in [2.75, 3.05) is 13.7 Å². The Morgan fingerprint density at radius 3 is 2.72 bits per heavy atom. The van der Waals surface area contributed by atoms with E-state index in [9.17, 15) is 4.79 Å². The van der Waals surface area contributed by atoms with E-state index in [4.69, 9.17) is 4.74 Å². The number of esters is 1. The maximum absolute atomic E-state index is 12.1. The van der Waals surface area contributed by atoms with Crippen molar-refractivity contribution in [1.82, 2.24) is 4.90 Å². The third-order valence-electron chi connectivity index (χ3n) is 3.84. The minimum Gasteiger partial charge on any atom is -0.468 e. The van der Waals surface area contributed by atoms with Gasteiger partial charge in [0.2, 0.25) is 0 Å². The quantitative estimate of drug-likeness (QED) is 0.769. The van der Waals surface area contributed by atoms with Gasteiger partial charge in [-0.25, -0.2) is 4.79 Å². The maximum atomic E-state index is 12.1. The normalized spacial score (nSPS) is 21.8. The van der Waals surface area contributed by atoms with E-state index in [1.165, 1.54) is 7.11 Å². The highest BCUT2D eigenvalue weighted by Gasteiger charge is 2.35. The van der Waals surface area contributed by atoms with Crippen molar-refractivity contribution in [2.24, 2.45) is 0 Å². The van der Waals surface area contributed by atoms with Gasteiger partial charge in [0.1, 0.15) is 6.04 Å². The summed E-state index contributed by atoms with van der Waals surface area (Å²) >= 11 is 0. The Hall–Kier alpha value is -1.35. The lowest BCUT2D eigenvalue weighted by Crippen LogP contribution is -2.37. The van der Waals surface area contributed by atoms with Crippen molar-refractivity contribution in [2.45, 2.75) is 38.8 Å². The van der Waals surface area contributed by atoms with E-state index in [-0.39, 0.29) is 12.0 Å². The van der Waals surface area contributed by atoms with Crippen LogP contribution in [0.5, 0.6) is 0 Å². The molecule has 1 fully saturated rings. The Balaban J connectivity index is 2.37. The van der Waals surface area contributed by atoms with Crippen LogP contribution in [0.4, 0.5) is 0 Å². The first-order valence-corrected chi connectivity index (χ1v) is 6.54. The smallest absolute Gasteiger partial charge is 0.327 e. The molecule has 1 aliphatic rings. The fourth-order valence-electron chi connectivity index (χ4n) is 2.79. The van der Waals surface area contributed by atoms with Crippen LogP contribution in [-0.2, 0) is 9.53 Å². The summed E-state index contributed by atoms with van der Waals surface area (Å²) in [5.74, 6) is -0.155. The van der Waals surface area contributed by atoms with Gasteiger partial charge in [0.15, 0.2) is 0 Å². The summed E-state index contributed by atoms with van der Waals surface area (Å²) < 4.78 is 5.00. The number of ether oxygens (including phenoxy) is 1. The van der Waals surface area contributed by atoms with Crippen molar-refractivity contribution < 1.29 is 9.53 Å². The summed E-state index contributed by atoms with van der Waals surface area (Å²) in [5, 5.41) is 0. The van der Waals surface area contributed by atoms with E-state index in [0.29, 0.717) is 6.04 Å². The molecular formula is C15H21NO2. The zero-order chi connectivity index (χ0) is 13.1. The summed E-state index contributed by atoms with van der Waals surface area (Å²) in [6, 6.07) is 8.25. The van der Waals surface area contributed by atoms with Crippen molar-refractivity contribution in [1.29, 1.82) is 0 Å². The topological polar surface area (TPSA) is 29.5 Å². The molecule has 1 heterocycles. The minimum atomic E-state index is -0.256. The third-order valence-corrected chi connectivity index (χ3v) is 3.84. The lowest BCUT2D eigenvalue weighted by molar-refractivity contribution is -0.147. The Morgan fingerprint density at radius 1 is 1.44 bits per heavy atom. The largest absolute Gasteiger partial charge is 0.468 e. The molecule has 0 saturated carbocycles. The predicted octanol–water partition coefficient (Wildman–Crippen LogP) is 2.69. The van der Waals surface area contributed by atoms with Crippen LogP contribution >= 0.6 is 0 Å². The van der Waals surface area contributed by atoms with Gasteiger partial charge < -0.3 is 4.74 Å². The number of carbonyl (C=O) groups excluding carboxylic acids is 1. The van der Waals surface area contributed by atoms with E-state index in [0.717, 1.165) is 30.5 Å². The molecule has 1 aromatic carbocycles. The van der Waals surface area contributed by atoms with Gasteiger partial charge >= 0.3 is 5.97 Å². The van der Waals surface area contributed by atoms with Crippen LogP contribution in [0, 0.1) is 6.92 Å². The lowest BCUT2D eigenvalue weighted by Gasteiger charge is -2.30. The second-order valence-electron chi connectivity index (χ2n) is 5.01. The number of hydrogen-bond donors (Lipinski definition) is 0. The first-order valence-electron chi connectivity index (χ1n) is 6.54. The van der Waals surface area contributed by atoms with Gasteiger partial charge in [-0.3, -0.25) is 4.90 Å². The Labute approximate surface area is 109 Å². The number of methoxy groups -OCH3 is 1. The number of likely N-dealkylation sites (tertiary alicyclic amines) is 1. The van der Waals surface area contributed by atoms with E-state index in [1.807, 2.05) is 31.2 Å². The fraction of sp³-hybridized carbons (Fsp3) is 0.533. The minimum absolute atomic E-state index is 0.155. The second kappa shape index (κ2) is 5.53. The average molecular weight is 247 g/mol. The Bertz CT molecular complexity index is 430. The van der Waals surface area contributed by atoms with Crippen molar-refractivity contribution in [3.63, 3.8) is 0 Å². The standard InChI is InChI=1S/C15H21NO2/c1-11-7-4-5-9-13(11)14(15(17)18-3)16-10-6-8-12(16)2/h4-5,7,9,12,14H,6,8,10H2,1-3H3/t12-,14-/m1/s1. The Kier molecular flexibility index (Phi) is 4.02. The summed E-state index contributed by atoms with van der Waals surface area (Å²) in [5.41, 5.74) is 2.21. The number of nitrogens with zero attached hydrogens (tertiary/aromatic N) is 1. The van der Waals surface area contributed by atoms with E-state index in [2.05, 4.69) is 11.8 Å². The molecule has 2 rings (SSSR count). The Morgan fingerprint density at radius 2 is 2.17 bits per heavy atom. The second-order valence-corrected chi connectivity index (χ2v) is 5.01. The molecule has 0 N–H and O–H groups in total. The molecule has 18 heavy (non-hydrogen) atoms. The zero-order valence-corrected chi connectivity index (χ0v) is 11.3. The molecule has 1 saturated heterocycles. The van der Waals surface area contributed by atoms with Crippen LogP contribution in [0.3, 0.4) is 0 Å². The van der Waals surface area contributed by atoms with Crippen molar-refractivity contribution in [3.05, 3.63) is 35.4 Å². The van der Waals surface area contributed by atoms with Gasteiger partial charge in [0.05, 0.1) is 7.11 Å². The van der Waals surface area contributed by atoms with Crippen LogP contribution < -0.4 is 0 Å². The molecule has 2 atom stereocenters. The highest BCUT2D eigenvalue weighted by molar-refractivity contribution is 5.78. The SMILES string of the molecule is COC(=O)[C@@H](c1ccccc1C)N1CCC[C@H]1C. The third kappa shape index (κ3) is 2.41. The monoisotopic (exact) mass is 247 g/mol. The predicted molar refractivity (Wildman–Crippen MR) is 71.3 cm³/mol. The molecule has 3 heteroatoms. The number of aryl methyl sites for hydroxylation is 1. The van der Waals surface area contributed by atoms with Crippen LogP contribution in [0.15, 0.2) is 24.3 Å². The first-order chi connectivity index (χ1) is 8.65. The molecule has 0 spiro atoms. The summed E-state index contributed by atoms with van der Waals surface area (Å²) in [7, 11) is 1.47. The summed E-state index contributed by atoms with van der Waals surface area (Å²) in [4.78, 5) is 14.4. The average Bonchev–Trinajstić information content (AvgIpc) is 2.78. The summed E-state index contributed by atoms with van der Waals surface area (Å²) in [6.07, 6.45) is 2.31. The van der Waals surface area contributed by atoms with Gasteiger partial charge in [-0.2, -0.15) is 0 Å². The van der Waals surface area contributed by atoms with Crippen molar-refractivity contribution in [3.8, 4) is 0 Å². The van der Waals surface area contributed by atoms with Crippen molar-refractivity contribution >= 4 is 5.97 Å². The van der Waals surface area contributed by atoms with E-state index >= 15 is 0 Å². The molecule has 0 aliphatic carbocycles. The number of rotatable bonds is 3. The highest BCUT2D eigenvalue weighted by atomic mass is 16.5. The molecule has 0 radical (unpaired) electrons. The number of hydrogen-bond acceptors (Lipinski definition) is 3. The van der Waals surface area contributed by atoms with Gasteiger partial charge in [-0.05, 0) is 44.4 Å². The van der Waals surface area contributed by atoms with Gasteiger partial charge in [0, 0.05) is 6.04 Å². The van der Waals surface area contributed by atoms with Crippen LogP contribution in [0.2, 0.25) is 0 Å². The molecule has 0 amide bonds. The molecular weight excluding hydrogens is 226 g/mol. The lowest BCUT2D eigenvalue weighted by atomic mass is 9.99. The van der Waals surface area contributed by atoms with Gasteiger partial charge in [-0.15, -0.1) is 0 Å². The molecule has 0 bridgehead atoms. The van der Waals surface area contributed by atoms with E-state index in [1.54, 1.807) is 0 Å². The molecule has 0 unspecified atom stereocenters.